The van der Waals surface area contributed by atoms with Crippen LogP contribution in [0.1, 0.15) is 19.4 Å². The molecule has 114 valence electrons. The lowest BCUT2D eigenvalue weighted by atomic mass is 9.85. The minimum atomic E-state index is -0.212. The molecule has 1 aromatic heterocycles. The molecule has 0 atom stereocenters. The first-order valence-electron chi connectivity index (χ1n) is 7.00. The van der Waals surface area contributed by atoms with Crippen LogP contribution in [0.5, 0.6) is 0 Å². The predicted molar refractivity (Wildman–Crippen MR) is 92.5 cm³/mol. The van der Waals surface area contributed by atoms with Crippen molar-refractivity contribution in [3.05, 3.63) is 58.9 Å². The van der Waals surface area contributed by atoms with Gasteiger partial charge in [0.25, 0.3) is 0 Å². The molecule has 0 radical (unpaired) electrons. The summed E-state index contributed by atoms with van der Waals surface area (Å²) in [5.74, 6) is -0.212. The van der Waals surface area contributed by atoms with E-state index >= 15 is 0 Å². The molecule has 0 saturated heterocycles. The van der Waals surface area contributed by atoms with Crippen molar-refractivity contribution < 1.29 is 4.39 Å². The van der Waals surface area contributed by atoms with Gasteiger partial charge in [-0.15, -0.1) is 0 Å². The van der Waals surface area contributed by atoms with E-state index in [-0.39, 0.29) is 11.2 Å². The van der Waals surface area contributed by atoms with Gasteiger partial charge >= 0.3 is 0 Å². The smallest absolute Gasteiger partial charge is 0.183 e. The van der Waals surface area contributed by atoms with Gasteiger partial charge < -0.3 is 5.32 Å². The molecule has 22 heavy (non-hydrogen) atoms. The number of hydrogen-bond donors (Lipinski definition) is 1. The van der Waals surface area contributed by atoms with Crippen LogP contribution in [0.25, 0.3) is 10.2 Å². The second kappa shape index (κ2) is 5.86. The van der Waals surface area contributed by atoms with Gasteiger partial charge in [-0.05, 0) is 35.9 Å². The molecule has 0 unspecified atom stereocenters. The first-order valence-corrected chi connectivity index (χ1v) is 8.19. The van der Waals surface area contributed by atoms with E-state index in [0.29, 0.717) is 11.6 Å². The van der Waals surface area contributed by atoms with Crippen LogP contribution in [0, 0.1) is 5.82 Å². The first-order chi connectivity index (χ1) is 10.4. The average molecular weight is 335 g/mol. The van der Waals surface area contributed by atoms with Crippen molar-refractivity contribution in [1.82, 2.24) is 4.98 Å². The highest BCUT2D eigenvalue weighted by atomic mass is 35.5. The molecule has 0 aliphatic carbocycles. The Bertz CT molecular complexity index is 796. The van der Waals surface area contributed by atoms with Crippen molar-refractivity contribution in [3.63, 3.8) is 0 Å². The van der Waals surface area contributed by atoms with E-state index in [1.54, 1.807) is 11.3 Å². The van der Waals surface area contributed by atoms with E-state index in [0.717, 1.165) is 20.9 Å². The molecule has 0 saturated carbocycles. The molecular formula is C17H16ClFN2S. The minimum absolute atomic E-state index is 0.122. The summed E-state index contributed by atoms with van der Waals surface area (Å²) in [6, 6.07) is 12.4. The number of benzene rings is 2. The molecule has 2 aromatic carbocycles. The Hall–Kier alpha value is -1.65. The highest BCUT2D eigenvalue weighted by molar-refractivity contribution is 7.22. The first kappa shape index (κ1) is 15.3. The molecule has 3 rings (SSSR count). The molecule has 0 aliphatic heterocycles. The summed E-state index contributed by atoms with van der Waals surface area (Å²) in [6.45, 7) is 4.96. The van der Waals surface area contributed by atoms with E-state index in [2.05, 4.69) is 24.1 Å². The SMILES string of the molecule is CC(C)(CNc1nc2cc(Cl)ccc2s1)c1ccc(F)cc1. The number of anilines is 1. The van der Waals surface area contributed by atoms with E-state index < -0.39 is 0 Å². The van der Waals surface area contributed by atoms with Crippen molar-refractivity contribution >= 4 is 38.3 Å². The van der Waals surface area contributed by atoms with Crippen molar-refractivity contribution in [3.8, 4) is 0 Å². The zero-order valence-corrected chi connectivity index (χ0v) is 13.9. The quantitative estimate of drug-likeness (QED) is 0.683. The summed E-state index contributed by atoms with van der Waals surface area (Å²) in [5, 5.41) is 4.94. The molecule has 1 heterocycles. The summed E-state index contributed by atoms with van der Waals surface area (Å²) < 4.78 is 14.1. The van der Waals surface area contributed by atoms with E-state index in [1.165, 1.54) is 12.1 Å². The average Bonchev–Trinajstić information content (AvgIpc) is 2.88. The maximum Gasteiger partial charge on any atom is 0.183 e. The third kappa shape index (κ3) is 3.23. The molecule has 1 N–H and O–H groups in total. The van der Waals surface area contributed by atoms with Gasteiger partial charge in [0.2, 0.25) is 0 Å². The Balaban J connectivity index is 1.76. The molecule has 0 amide bonds. The summed E-state index contributed by atoms with van der Waals surface area (Å²) in [6.07, 6.45) is 0. The standard InChI is InChI=1S/C17H16ClFN2S/c1-17(2,11-3-6-13(19)7-4-11)10-20-16-21-14-9-12(18)5-8-15(14)22-16/h3-9H,10H2,1-2H3,(H,20,21). The summed E-state index contributed by atoms with van der Waals surface area (Å²) in [5.41, 5.74) is 1.87. The van der Waals surface area contributed by atoms with E-state index in [4.69, 9.17) is 11.6 Å². The van der Waals surface area contributed by atoms with Gasteiger partial charge in [-0.2, -0.15) is 0 Å². The maximum atomic E-state index is 13.0. The fraction of sp³-hybridized carbons (Fsp3) is 0.235. The molecule has 2 nitrogen and oxygen atoms in total. The highest BCUT2D eigenvalue weighted by Gasteiger charge is 2.21. The molecular weight excluding hydrogens is 319 g/mol. The molecule has 5 heteroatoms. The fourth-order valence-corrected chi connectivity index (χ4v) is 3.28. The largest absolute Gasteiger partial charge is 0.361 e. The van der Waals surface area contributed by atoms with E-state index in [9.17, 15) is 4.39 Å². The Kier molecular flexibility index (Phi) is 4.06. The number of rotatable bonds is 4. The van der Waals surface area contributed by atoms with Crippen molar-refractivity contribution in [2.24, 2.45) is 0 Å². The van der Waals surface area contributed by atoms with Crippen molar-refractivity contribution in [2.45, 2.75) is 19.3 Å². The number of thiazole rings is 1. The minimum Gasteiger partial charge on any atom is -0.361 e. The number of fused-ring (bicyclic) bond motifs is 1. The van der Waals surface area contributed by atoms with Crippen LogP contribution in [0.15, 0.2) is 42.5 Å². The lowest BCUT2D eigenvalue weighted by Gasteiger charge is -2.25. The summed E-state index contributed by atoms with van der Waals surface area (Å²) in [7, 11) is 0. The monoisotopic (exact) mass is 334 g/mol. The molecule has 0 fully saturated rings. The third-order valence-corrected chi connectivity index (χ3v) is 4.89. The third-order valence-electron chi connectivity index (χ3n) is 3.66. The van der Waals surface area contributed by atoms with Crippen LogP contribution in [0.3, 0.4) is 0 Å². The van der Waals surface area contributed by atoms with Crippen molar-refractivity contribution in [1.29, 1.82) is 0 Å². The molecule has 0 aliphatic rings. The normalized spacial score (nSPS) is 11.8. The lowest BCUT2D eigenvalue weighted by Crippen LogP contribution is -2.27. The van der Waals surface area contributed by atoms with Gasteiger partial charge in [0.15, 0.2) is 5.13 Å². The van der Waals surface area contributed by atoms with Crippen LogP contribution < -0.4 is 5.32 Å². The Morgan fingerprint density at radius 1 is 1.18 bits per heavy atom. The highest BCUT2D eigenvalue weighted by Crippen LogP contribution is 2.30. The lowest BCUT2D eigenvalue weighted by molar-refractivity contribution is 0.553. The summed E-state index contributed by atoms with van der Waals surface area (Å²) >= 11 is 7.59. The number of halogens is 2. The second-order valence-electron chi connectivity index (χ2n) is 5.88. The van der Waals surface area contributed by atoms with Crippen molar-refractivity contribution in [2.75, 3.05) is 11.9 Å². The summed E-state index contributed by atoms with van der Waals surface area (Å²) in [4.78, 5) is 4.55. The van der Waals surface area contributed by atoms with E-state index in [1.807, 2.05) is 30.3 Å². The van der Waals surface area contributed by atoms with Crippen LogP contribution in [-0.4, -0.2) is 11.5 Å². The fourth-order valence-electron chi connectivity index (χ4n) is 2.28. The van der Waals surface area contributed by atoms with Crippen LogP contribution >= 0.6 is 22.9 Å². The Morgan fingerprint density at radius 2 is 1.91 bits per heavy atom. The van der Waals surface area contributed by atoms with Gasteiger partial charge in [-0.25, -0.2) is 9.37 Å². The van der Waals surface area contributed by atoms with Gasteiger partial charge in [-0.1, -0.05) is 48.9 Å². The van der Waals surface area contributed by atoms with Crippen LogP contribution in [0.4, 0.5) is 9.52 Å². The van der Waals surface area contributed by atoms with Crippen LogP contribution in [0.2, 0.25) is 5.02 Å². The predicted octanol–water partition coefficient (Wildman–Crippen LogP) is 5.48. The molecule has 0 bridgehead atoms. The molecule has 0 spiro atoms. The van der Waals surface area contributed by atoms with Gasteiger partial charge in [-0.3, -0.25) is 0 Å². The van der Waals surface area contributed by atoms with Gasteiger partial charge in [0.1, 0.15) is 5.82 Å². The van der Waals surface area contributed by atoms with Gasteiger partial charge in [0.05, 0.1) is 10.2 Å². The second-order valence-corrected chi connectivity index (χ2v) is 7.34. The Labute approximate surface area is 138 Å². The maximum absolute atomic E-state index is 13.0. The Morgan fingerprint density at radius 3 is 2.64 bits per heavy atom. The van der Waals surface area contributed by atoms with Crippen LogP contribution in [-0.2, 0) is 5.41 Å². The number of hydrogen-bond acceptors (Lipinski definition) is 3. The number of nitrogens with zero attached hydrogens (tertiary/aromatic N) is 1. The van der Waals surface area contributed by atoms with Gasteiger partial charge in [0, 0.05) is 17.0 Å². The molecule has 3 aromatic rings. The topological polar surface area (TPSA) is 24.9 Å². The zero-order chi connectivity index (χ0) is 15.7. The number of aromatic nitrogens is 1. The zero-order valence-electron chi connectivity index (χ0n) is 12.4. The number of nitrogens with one attached hydrogen (secondary N) is 1.